The van der Waals surface area contributed by atoms with Gasteiger partial charge in [-0.15, -0.1) is 0 Å². The van der Waals surface area contributed by atoms with Crippen molar-refractivity contribution in [1.82, 2.24) is 4.90 Å². The highest BCUT2D eigenvalue weighted by atomic mass is 19.4. The van der Waals surface area contributed by atoms with Crippen LogP contribution in [0.3, 0.4) is 0 Å². The van der Waals surface area contributed by atoms with Gasteiger partial charge in [0.2, 0.25) is 0 Å². The van der Waals surface area contributed by atoms with Gasteiger partial charge in [0.15, 0.2) is 0 Å². The van der Waals surface area contributed by atoms with Gasteiger partial charge in [-0.3, -0.25) is 0 Å². The van der Waals surface area contributed by atoms with Gasteiger partial charge < -0.3 is 4.90 Å². The fourth-order valence-corrected chi connectivity index (χ4v) is 1.38. The summed E-state index contributed by atoms with van der Waals surface area (Å²) in [6, 6.07) is 5.17. The van der Waals surface area contributed by atoms with Crippen LogP contribution in [0.4, 0.5) is 13.2 Å². The third-order valence-corrected chi connectivity index (χ3v) is 2.12. The zero-order valence-corrected chi connectivity index (χ0v) is 9.47. The average Bonchev–Trinajstić information content (AvgIpc) is 2.15. The summed E-state index contributed by atoms with van der Waals surface area (Å²) in [6.07, 6.45) is -2.40. The third-order valence-electron chi connectivity index (χ3n) is 2.12. The molecule has 0 spiro atoms. The molecular formula is C12H14F3N. The van der Waals surface area contributed by atoms with Gasteiger partial charge in [0.1, 0.15) is 0 Å². The van der Waals surface area contributed by atoms with Crippen LogP contribution < -0.4 is 0 Å². The minimum atomic E-state index is -4.27. The highest BCUT2D eigenvalue weighted by Gasteiger charge is 2.29. The number of alkyl halides is 3. The summed E-state index contributed by atoms with van der Waals surface area (Å²) in [4.78, 5) is 1.85. The van der Waals surface area contributed by atoms with Crippen LogP contribution in [0, 0.1) is 0 Å². The molecule has 88 valence electrons. The molecule has 1 nitrogen and oxygen atoms in total. The molecule has 0 atom stereocenters. The minimum Gasteiger partial charge on any atom is -0.383 e. The van der Waals surface area contributed by atoms with E-state index in [0.717, 1.165) is 23.3 Å². The number of rotatable bonds is 2. The Hall–Kier alpha value is -1.45. The van der Waals surface area contributed by atoms with Crippen LogP contribution in [0.2, 0.25) is 0 Å². The van der Waals surface area contributed by atoms with Gasteiger partial charge in [0.25, 0.3) is 0 Å². The SMILES string of the molecule is CC(=CN(C)C)c1ccc(C(F)(F)F)cc1. The van der Waals surface area contributed by atoms with Gasteiger partial charge in [-0.1, -0.05) is 12.1 Å². The molecule has 0 aromatic heterocycles. The minimum absolute atomic E-state index is 0.617. The lowest BCUT2D eigenvalue weighted by Gasteiger charge is -2.10. The second-order valence-corrected chi connectivity index (χ2v) is 3.85. The van der Waals surface area contributed by atoms with Crippen LogP contribution in [0.1, 0.15) is 18.1 Å². The Morgan fingerprint density at radius 3 is 2.00 bits per heavy atom. The number of hydrogen-bond donors (Lipinski definition) is 0. The van der Waals surface area contributed by atoms with Crippen molar-refractivity contribution in [2.45, 2.75) is 13.1 Å². The molecule has 0 heterocycles. The summed E-state index contributed by atoms with van der Waals surface area (Å²) in [5.74, 6) is 0. The zero-order valence-electron chi connectivity index (χ0n) is 9.47. The Morgan fingerprint density at radius 2 is 1.62 bits per heavy atom. The normalized spacial score (nSPS) is 12.8. The van der Waals surface area contributed by atoms with E-state index in [1.807, 2.05) is 32.1 Å². The van der Waals surface area contributed by atoms with Crippen molar-refractivity contribution in [1.29, 1.82) is 0 Å². The van der Waals surface area contributed by atoms with Crippen LogP contribution >= 0.6 is 0 Å². The van der Waals surface area contributed by atoms with Crippen LogP contribution in [0.25, 0.3) is 5.57 Å². The molecule has 4 heteroatoms. The second-order valence-electron chi connectivity index (χ2n) is 3.85. The van der Waals surface area contributed by atoms with Crippen LogP contribution in [0.15, 0.2) is 30.5 Å². The highest BCUT2D eigenvalue weighted by Crippen LogP contribution is 2.29. The summed E-state index contributed by atoms with van der Waals surface area (Å²) in [6.45, 7) is 1.86. The van der Waals surface area contributed by atoms with E-state index < -0.39 is 11.7 Å². The number of nitrogens with zero attached hydrogens (tertiary/aromatic N) is 1. The molecule has 0 saturated carbocycles. The molecule has 0 saturated heterocycles. The Balaban J connectivity index is 2.96. The topological polar surface area (TPSA) is 3.24 Å². The zero-order chi connectivity index (χ0) is 12.3. The van der Waals surface area contributed by atoms with Gasteiger partial charge >= 0.3 is 6.18 Å². The van der Waals surface area contributed by atoms with Crippen molar-refractivity contribution in [2.75, 3.05) is 14.1 Å². The molecule has 0 aliphatic rings. The van der Waals surface area contributed by atoms with Crippen molar-refractivity contribution >= 4 is 5.57 Å². The van der Waals surface area contributed by atoms with Crippen molar-refractivity contribution in [3.8, 4) is 0 Å². The molecular weight excluding hydrogens is 215 g/mol. The first-order valence-corrected chi connectivity index (χ1v) is 4.83. The molecule has 1 aromatic rings. The first-order valence-electron chi connectivity index (χ1n) is 4.83. The smallest absolute Gasteiger partial charge is 0.383 e. The lowest BCUT2D eigenvalue weighted by molar-refractivity contribution is -0.137. The summed E-state index contributed by atoms with van der Waals surface area (Å²) in [7, 11) is 3.74. The maximum atomic E-state index is 12.3. The van der Waals surface area contributed by atoms with E-state index in [0.29, 0.717) is 0 Å². The average molecular weight is 229 g/mol. The van der Waals surface area contributed by atoms with E-state index >= 15 is 0 Å². The molecule has 1 rings (SSSR count). The maximum absolute atomic E-state index is 12.3. The van der Waals surface area contributed by atoms with Crippen molar-refractivity contribution in [2.24, 2.45) is 0 Å². The standard InChI is InChI=1S/C12H14F3N/c1-9(8-16(2)3)10-4-6-11(7-5-10)12(13,14)15/h4-8H,1-3H3. The molecule has 0 aliphatic heterocycles. The predicted molar refractivity (Wildman–Crippen MR) is 58.8 cm³/mol. The lowest BCUT2D eigenvalue weighted by atomic mass is 10.1. The molecule has 1 aromatic carbocycles. The maximum Gasteiger partial charge on any atom is 0.416 e. The van der Waals surface area contributed by atoms with Crippen molar-refractivity contribution in [3.05, 3.63) is 41.6 Å². The van der Waals surface area contributed by atoms with Crippen LogP contribution in [0.5, 0.6) is 0 Å². The van der Waals surface area contributed by atoms with Crippen molar-refractivity contribution in [3.63, 3.8) is 0 Å². The molecule has 0 unspecified atom stereocenters. The van der Waals surface area contributed by atoms with E-state index in [2.05, 4.69) is 0 Å². The summed E-state index contributed by atoms with van der Waals surface area (Å²) >= 11 is 0. The van der Waals surface area contributed by atoms with Gasteiger partial charge in [-0.2, -0.15) is 13.2 Å². The first-order chi connectivity index (χ1) is 7.30. The molecule has 0 N–H and O–H groups in total. The molecule has 0 amide bonds. The highest BCUT2D eigenvalue weighted by molar-refractivity contribution is 5.63. The Morgan fingerprint density at radius 1 is 1.12 bits per heavy atom. The second kappa shape index (κ2) is 4.60. The van der Waals surface area contributed by atoms with E-state index in [9.17, 15) is 13.2 Å². The van der Waals surface area contributed by atoms with E-state index in [-0.39, 0.29) is 0 Å². The largest absolute Gasteiger partial charge is 0.416 e. The fraction of sp³-hybridized carbons (Fsp3) is 0.333. The molecule has 0 fully saturated rings. The van der Waals surface area contributed by atoms with Crippen molar-refractivity contribution < 1.29 is 13.2 Å². The van der Waals surface area contributed by atoms with E-state index in [4.69, 9.17) is 0 Å². The Bertz CT molecular complexity index is 374. The van der Waals surface area contributed by atoms with Gasteiger partial charge in [0.05, 0.1) is 5.56 Å². The monoisotopic (exact) mass is 229 g/mol. The van der Waals surface area contributed by atoms with Gasteiger partial charge in [-0.25, -0.2) is 0 Å². The Labute approximate surface area is 93.2 Å². The fourth-order valence-electron chi connectivity index (χ4n) is 1.38. The molecule has 0 bridgehead atoms. The molecule has 0 aliphatic carbocycles. The summed E-state index contributed by atoms with van der Waals surface area (Å²) < 4.78 is 36.9. The quantitative estimate of drug-likeness (QED) is 0.748. The first kappa shape index (κ1) is 12.6. The molecule has 0 radical (unpaired) electrons. The number of benzene rings is 1. The van der Waals surface area contributed by atoms with Crippen LogP contribution in [-0.4, -0.2) is 19.0 Å². The Kier molecular flexibility index (Phi) is 3.62. The lowest BCUT2D eigenvalue weighted by Crippen LogP contribution is -2.05. The van der Waals surface area contributed by atoms with E-state index in [1.54, 1.807) is 0 Å². The van der Waals surface area contributed by atoms with Crippen LogP contribution in [-0.2, 0) is 6.18 Å². The number of allylic oxidation sites excluding steroid dienone is 1. The summed E-state index contributed by atoms with van der Waals surface area (Å²) in [5, 5.41) is 0. The predicted octanol–water partition coefficient (Wildman–Crippen LogP) is 3.63. The van der Waals surface area contributed by atoms with E-state index in [1.165, 1.54) is 12.1 Å². The number of hydrogen-bond acceptors (Lipinski definition) is 1. The third kappa shape index (κ3) is 3.29. The molecule has 16 heavy (non-hydrogen) atoms. The van der Waals surface area contributed by atoms with Gasteiger partial charge in [-0.05, 0) is 30.2 Å². The summed E-state index contributed by atoms with van der Waals surface area (Å²) in [5.41, 5.74) is 1.11. The van der Waals surface area contributed by atoms with Gasteiger partial charge in [0, 0.05) is 20.3 Å². The number of halogens is 3.